The van der Waals surface area contributed by atoms with Crippen LogP contribution in [0.2, 0.25) is 0 Å². The minimum absolute atomic E-state index is 0.240. The molecule has 76 valence electrons. The van der Waals surface area contributed by atoms with Gasteiger partial charge in [0.15, 0.2) is 0 Å². The van der Waals surface area contributed by atoms with E-state index in [4.69, 9.17) is 0 Å². The van der Waals surface area contributed by atoms with Crippen molar-refractivity contribution in [3.8, 4) is 0 Å². The first-order valence-electron chi connectivity index (χ1n) is 4.17. The normalized spacial score (nSPS) is 9.64. The summed E-state index contributed by atoms with van der Waals surface area (Å²) in [5.41, 5.74) is 0.985. The summed E-state index contributed by atoms with van der Waals surface area (Å²) in [6.45, 7) is 0.262. The highest BCUT2D eigenvalue weighted by atomic mass is 79.9. The zero-order valence-electron chi connectivity index (χ0n) is 8.16. The highest BCUT2D eigenvalue weighted by molar-refractivity contribution is 9.10. The number of carbonyl (C=O) groups excluding carboxylic acids is 1. The van der Waals surface area contributed by atoms with Crippen molar-refractivity contribution >= 4 is 27.6 Å². The number of carbonyl (C=O) groups is 1. The lowest BCUT2D eigenvalue weighted by atomic mass is 10.3. The molecule has 1 aromatic rings. The summed E-state index contributed by atoms with van der Waals surface area (Å²) in [6, 6.07) is 7.74. The highest BCUT2D eigenvalue weighted by Gasteiger charge is 2.06. The van der Waals surface area contributed by atoms with E-state index in [0.717, 1.165) is 10.2 Å². The molecule has 0 atom stereocenters. The molecule has 0 saturated carbocycles. The number of hydrogen-bond acceptors (Lipinski definition) is 3. The maximum atomic E-state index is 11.0. The summed E-state index contributed by atoms with van der Waals surface area (Å²) in [5.74, 6) is -0.240. The van der Waals surface area contributed by atoms with Crippen molar-refractivity contribution in [1.29, 1.82) is 0 Å². The van der Waals surface area contributed by atoms with Crippen LogP contribution >= 0.6 is 15.9 Å². The third-order valence-corrected chi connectivity index (χ3v) is 2.39. The van der Waals surface area contributed by atoms with Gasteiger partial charge in [0.2, 0.25) is 0 Å². The fourth-order valence-corrected chi connectivity index (χ4v) is 1.31. The van der Waals surface area contributed by atoms with E-state index in [1.165, 1.54) is 7.11 Å². The fraction of sp³-hybridized carbons (Fsp3) is 0.300. The van der Waals surface area contributed by atoms with E-state index in [0.29, 0.717) is 0 Å². The molecule has 0 amide bonds. The van der Waals surface area contributed by atoms with Crippen LogP contribution in [-0.4, -0.2) is 26.7 Å². The Balaban J connectivity index is 2.65. The van der Waals surface area contributed by atoms with Gasteiger partial charge < -0.3 is 9.64 Å². The van der Waals surface area contributed by atoms with Crippen LogP contribution in [0.25, 0.3) is 0 Å². The minimum atomic E-state index is -0.240. The topological polar surface area (TPSA) is 29.5 Å². The van der Waals surface area contributed by atoms with Gasteiger partial charge in [-0.15, -0.1) is 0 Å². The fourth-order valence-electron chi connectivity index (χ4n) is 1.05. The van der Waals surface area contributed by atoms with Gasteiger partial charge in [0.05, 0.1) is 7.11 Å². The zero-order chi connectivity index (χ0) is 10.6. The van der Waals surface area contributed by atoms with E-state index in [9.17, 15) is 4.79 Å². The summed E-state index contributed by atoms with van der Waals surface area (Å²) >= 11 is 3.35. The number of ether oxygens (including phenoxy) is 1. The summed E-state index contributed by atoms with van der Waals surface area (Å²) in [7, 11) is 3.23. The monoisotopic (exact) mass is 257 g/mol. The number of halogens is 1. The average molecular weight is 258 g/mol. The number of anilines is 1. The molecule has 0 aliphatic heterocycles. The zero-order valence-corrected chi connectivity index (χ0v) is 9.74. The Morgan fingerprint density at radius 3 is 2.50 bits per heavy atom. The molecule has 0 radical (unpaired) electrons. The van der Waals surface area contributed by atoms with Gasteiger partial charge in [0, 0.05) is 17.2 Å². The Labute approximate surface area is 91.8 Å². The summed E-state index contributed by atoms with van der Waals surface area (Å²) < 4.78 is 5.60. The SMILES string of the molecule is COC(=O)CN(C)c1ccc(Br)cc1. The second-order valence-corrected chi connectivity index (χ2v) is 3.82. The Kier molecular flexibility index (Phi) is 3.95. The molecular weight excluding hydrogens is 246 g/mol. The molecule has 0 aromatic heterocycles. The quantitative estimate of drug-likeness (QED) is 0.777. The molecule has 0 heterocycles. The average Bonchev–Trinajstić information content (AvgIpc) is 2.18. The van der Waals surface area contributed by atoms with E-state index < -0.39 is 0 Å². The molecule has 1 rings (SSSR count). The van der Waals surface area contributed by atoms with Crippen LogP contribution in [0.5, 0.6) is 0 Å². The molecule has 0 saturated heterocycles. The lowest BCUT2D eigenvalue weighted by Gasteiger charge is -2.17. The first-order valence-corrected chi connectivity index (χ1v) is 4.96. The molecule has 0 N–H and O–H groups in total. The lowest BCUT2D eigenvalue weighted by molar-refractivity contribution is -0.138. The van der Waals surface area contributed by atoms with Gasteiger partial charge in [-0.3, -0.25) is 4.79 Å². The third-order valence-electron chi connectivity index (χ3n) is 1.86. The molecule has 14 heavy (non-hydrogen) atoms. The largest absolute Gasteiger partial charge is 0.468 e. The predicted molar refractivity (Wildman–Crippen MR) is 59.4 cm³/mol. The van der Waals surface area contributed by atoms with Crippen molar-refractivity contribution in [2.75, 3.05) is 25.6 Å². The van der Waals surface area contributed by atoms with E-state index >= 15 is 0 Å². The highest BCUT2D eigenvalue weighted by Crippen LogP contribution is 2.16. The maximum absolute atomic E-state index is 11.0. The summed E-state index contributed by atoms with van der Waals surface area (Å²) in [5, 5.41) is 0. The van der Waals surface area contributed by atoms with Crippen molar-refractivity contribution in [2.45, 2.75) is 0 Å². The van der Waals surface area contributed by atoms with Crippen molar-refractivity contribution in [2.24, 2.45) is 0 Å². The van der Waals surface area contributed by atoms with Crippen LogP contribution in [0.3, 0.4) is 0 Å². The van der Waals surface area contributed by atoms with Crippen LogP contribution in [0, 0.1) is 0 Å². The van der Waals surface area contributed by atoms with Gasteiger partial charge in [-0.05, 0) is 24.3 Å². The smallest absolute Gasteiger partial charge is 0.325 e. The van der Waals surface area contributed by atoms with E-state index in [1.54, 1.807) is 0 Å². The van der Waals surface area contributed by atoms with Crippen molar-refractivity contribution < 1.29 is 9.53 Å². The molecule has 1 aromatic carbocycles. The number of hydrogen-bond donors (Lipinski definition) is 0. The number of likely N-dealkylation sites (N-methyl/N-ethyl adjacent to an activating group) is 1. The van der Waals surface area contributed by atoms with Gasteiger partial charge in [-0.25, -0.2) is 0 Å². The van der Waals surface area contributed by atoms with Crippen LogP contribution in [0.4, 0.5) is 5.69 Å². The molecule has 0 aliphatic rings. The molecule has 0 bridgehead atoms. The van der Waals surface area contributed by atoms with Crippen LogP contribution < -0.4 is 4.90 Å². The molecule has 0 unspecified atom stereocenters. The number of esters is 1. The molecule has 4 heteroatoms. The van der Waals surface area contributed by atoms with Crippen molar-refractivity contribution in [3.05, 3.63) is 28.7 Å². The molecule has 3 nitrogen and oxygen atoms in total. The molecular formula is C10H12BrNO2. The Hall–Kier alpha value is -1.03. The molecule has 0 aliphatic carbocycles. The molecule has 0 spiro atoms. The first-order chi connectivity index (χ1) is 6.63. The minimum Gasteiger partial charge on any atom is -0.468 e. The van der Waals surface area contributed by atoms with Crippen LogP contribution in [-0.2, 0) is 9.53 Å². The Bertz CT molecular complexity index is 310. The van der Waals surface area contributed by atoms with Gasteiger partial charge in [0.1, 0.15) is 6.54 Å². The Morgan fingerprint density at radius 1 is 1.43 bits per heavy atom. The van der Waals surface area contributed by atoms with Gasteiger partial charge in [0.25, 0.3) is 0 Å². The second kappa shape index (κ2) is 5.00. The Morgan fingerprint density at radius 2 is 2.00 bits per heavy atom. The standard InChI is InChI=1S/C10H12BrNO2/c1-12(7-10(13)14-2)9-5-3-8(11)4-6-9/h3-6H,7H2,1-2H3. The van der Waals surface area contributed by atoms with Gasteiger partial charge in [-0.2, -0.15) is 0 Å². The number of methoxy groups -OCH3 is 1. The predicted octanol–water partition coefficient (Wildman–Crippen LogP) is 2.06. The van der Waals surface area contributed by atoms with E-state index in [-0.39, 0.29) is 12.5 Å². The van der Waals surface area contributed by atoms with E-state index in [2.05, 4.69) is 20.7 Å². The lowest BCUT2D eigenvalue weighted by Crippen LogP contribution is -2.26. The van der Waals surface area contributed by atoms with E-state index in [1.807, 2.05) is 36.2 Å². The van der Waals surface area contributed by atoms with Gasteiger partial charge in [-0.1, -0.05) is 15.9 Å². The van der Waals surface area contributed by atoms with Crippen molar-refractivity contribution in [3.63, 3.8) is 0 Å². The maximum Gasteiger partial charge on any atom is 0.325 e. The number of rotatable bonds is 3. The number of nitrogens with zero attached hydrogens (tertiary/aromatic N) is 1. The summed E-state index contributed by atoms with van der Waals surface area (Å²) in [4.78, 5) is 12.8. The summed E-state index contributed by atoms with van der Waals surface area (Å²) in [6.07, 6.45) is 0. The third kappa shape index (κ3) is 3.03. The van der Waals surface area contributed by atoms with Crippen molar-refractivity contribution in [1.82, 2.24) is 0 Å². The van der Waals surface area contributed by atoms with Crippen LogP contribution in [0.15, 0.2) is 28.7 Å². The second-order valence-electron chi connectivity index (χ2n) is 2.91. The molecule has 0 fully saturated rings. The number of benzene rings is 1. The van der Waals surface area contributed by atoms with Gasteiger partial charge >= 0.3 is 5.97 Å². The van der Waals surface area contributed by atoms with Crippen LogP contribution in [0.1, 0.15) is 0 Å². The first kappa shape index (κ1) is 11.0.